The monoisotopic (exact) mass is 264 g/mol. The molecule has 0 amide bonds. The van der Waals surface area contributed by atoms with E-state index in [-0.39, 0.29) is 18.4 Å². The van der Waals surface area contributed by atoms with Crippen LogP contribution in [0.1, 0.15) is 35.5 Å². The van der Waals surface area contributed by atoms with E-state index in [2.05, 4.69) is 5.16 Å². The van der Waals surface area contributed by atoms with Gasteiger partial charge in [-0.15, -0.1) is 0 Å². The minimum atomic E-state index is -0.415. The highest BCUT2D eigenvalue weighted by Gasteiger charge is 2.12. The first kappa shape index (κ1) is 13.5. The summed E-state index contributed by atoms with van der Waals surface area (Å²) in [4.78, 5) is 0. The van der Waals surface area contributed by atoms with E-state index in [1.807, 2.05) is 6.92 Å². The van der Waals surface area contributed by atoms with E-state index < -0.39 is 5.82 Å². The van der Waals surface area contributed by atoms with Crippen molar-refractivity contribution in [2.75, 3.05) is 0 Å². The fraction of sp³-hybridized carbons (Fsp3) is 0.357. The Morgan fingerprint density at radius 3 is 2.68 bits per heavy atom. The average Bonchev–Trinajstić information content (AvgIpc) is 2.68. The number of halogens is 1. The van der Waals surface area contributed by atoms with Gasteiger partial charge in [0, 0.05) is 6.04 Å². The lowest BCUT2D eigenvalue weighted by Crippen LogP contribution is -2.06. The van der Waals surface area contributed by atoms with Gasteiger partial charge in [-0.2, -0.15) is 0 Å². The maximum Gasteiger partial charge on any atom is 0.165 e. The highest BCUT2D eigenvalue weighted by Crippen LogP contribution is 2.23. The second-order valence-corrected chi connectivity index (χ2v) is 4.57. The van der Waals surface area contributed by atoms with Gasteiger partial charge in [0.05, 0.1) is 11.3 Å². The zero-order valence-corrected chi connectivity index (χ0v) is 11.2. The maximum atomic E-state index is 13.8. The van der Waals surface area contributed by atoms with Crippen LogP contribution in [0.2, 0.25) is 0 Å². The molecule has 2 aromatic rings. The summed E-state index contributed by atoms with van der Waals surface area (Å²) in [6.07, 6.45) is 0. The summed E-state index contributed by atoms with van der Waals surface area (Å²) < 4.78 is 24.3. The quantitative estimate of drug-likeness (QED) is 0.922. The molecule has 5 heteroatoms. The van der Waals surface area contributed by atoms with Gasteiger partial charge in [-0.3, -0.25) is 0 Å². The van der Waals surface area contributed by atoms with Crippen LogP contribution in [0.15, 0.2) is 22.7 Å². The molecule has 2 N–H and O–H groups in total. The van der Waals surface area contributed by atoms with Crippen LogP contribution in [-0.4, -0.2) is 5.16 Å². The Hall–Kier alpha value is -1.88. The molecule has 0 bridgehead atoms. The van der Waals surface area contributed by atoms with Crippen molar-refractivity contribution < 1.29 is 13.7 Å². The van der Waals surface area contributed by atoms with Crippen molar-refractivity contribution in [3.63, 3.8) is 0 Å². The zero-order valence-electron chi connectivity index (χ0n) is 11.2. The molecule has 4 nitrogen and oxygen atoms in total. The molecule has 1 aromatic carbocycles. The van der Waals surface area contributed by atoms with Crippen LogP contribution in [0.4, 0.5) is 4.39 Å². The molecule has 0 unspecified atom stereocenters. The molecule has 1 heterocycles. The molecule has 1 atom stereocenters. The van der Waals surface area contributed by atoms with E-state index in [0.29, 0.717) is 5.76 Å². The van der Waals surface area contributed by atoms with Crippen molar-refractivity contribution in [2.45, 2.75) is 33.4 Å². The Morgan fingerprint density at radius 1 is 1.42 bits per heavy atom. The van der Waals surface area contributed by atoms with Crippen LogP contribution >= 0.6 is 0 Å². The van der Waals surface area contributed by atoms with E-state index in [0.717, 1.165) is 16.8 Å². The lowest BCUT2D eigenvalue weighted by atomic mass is 10.1. The SMILES string of the molecule is Cc1noc(C)c1COc1ccc([C@@H](C)N)cc1F. The Balaban J connectivity index is 2.12. The van der Waals surface area contributed by atoms with Gasteiger partial charge in [0.2, 0.25) is 0 Å². The highest BCUT2D eigenvalue weighted by atomic mass is 19.1. The van der Waals surface area contributed by atoms with Crippen LogP contribution in [0.25, 0.3) is 0 Å². The number of hydrogen-bond acceptors (Lipinski definition) is 4. The lowest BCUT2D eigenvalue weighted by Gasteiger charge is -2.10. The third kappa shape index (κ3) is 2.93. The minimum Gasteiger partial charge on any atom is -0.486 e. The summed E-state index contributed by atoms with van der Waals surface area (Å²) >= 11 is 0. The van der Waals surface area contributed by atoms with Crippen molar-refractivity contribution in [2.24, 2.45) is 5.73 Å². The minimum absolute atomic E-state index is 0.199. The van der Waals surface area contributed by atoms with Gasteiger partial charge in [-0.05, 0) is 38.5 Å². The molecule has 0 aliphatic rings. The molecule has 0 fully saturated rings. The molecule has 0 aliphatic carbocycles. The number of hydrogen-bond donors (Lipinski definition) is 1. The summed E-state index contributed by atoms with van der Waals surface area (Å²) in [6, 6.07) is 4.54. The van der Waals surface area contributed by atoms with Crippen molar-refractivity contribution >= 4 is 0 Å². The molecule has 0 aliphatic heterocycles. The van der Waals surface area contributed by atoms with Gasteiger partial charge >= 0.3 is 0 Å². The molecule has 102 valence electrons. The Labute approximate surface area is 111 Å². The van der Waals surface area contributed by atoms with Crippen molar-refractivity contribution in [3.05, 3.63) is 46.6 Å². The summed E-state index contributed by atoms with van der Waals surface area (Å²) in [5.74, 6) is 0.469. The molecule has 2 rings (SSSR count). The summed E-state index contributed by atoms with van der Waals surface area (Å²) in [7, 11) is 0. The molecule has 0 saturated carbocycles. The molecular formula is C14H17FN2O2. The Bertz CT molecular complexity index is 559. The topological polar surface area (TPSA) is 61.3 Å². The van der Waals surface area contributed by atoms with Gasteiger partial charge in [-0.25, -0.2) is 4.39 Å². The standard InChI is InChI=1S/C14H17FN2O2/c1-8(16)11-4-5-14(13(15)6-11)18-7-12-9(2)17-19-10(12)3/h4-6,8H,7,16H2,1-3H3/t8-/m1/s1. The second-order valence-electron chi connectivity index (χ2n) is 4.57. The molecule has 0 radical (unpaired) electrons. The Morgan fingerprint density at radius 2 is 2.16 bits per heavy atom. The van der Waals surface area contributed by atoms with Crippen LogP contribution in [-0.2, 0) is 6.61 Å². The third-order valence-electron chi connectivity index (χ3n) is 3.03. The fourth-order valence-electron chi connectivity index (χ4n) is 1.78. The number of rotatable bonds is 4. The first-order chi connectivity index (χ1) is 8.99. The fourth-order valence-corrected chi connectivity index (χ4v) is 1.78. The normalized spacial score (nSPS) is 12.5. The number of aryl methyl sites for hydroxylation is 2. The Kier molecular flexibility index (Phi) is 3.85. The van der Waals surface area contributed by atoms with Crippen molar-refractivity contribution in [1.29, 1.82) is 0 Å². The average molecular weight is 264 g/mol. The third-order valence-corrected chi connectivity index (χ3v) is 3.03. The first-order valence-electron chi connectivity index (χ1n) is 6.08. The molecule has 0 spiro atoms. The largest absolute Gasteiger partial charge is 0.486 e. The van der Waals surface area contributed by atoms with E-state index in [1.54, 1.807) is 26.0 Å². The van der Waals surface area contributed by atoms with Gasteiger partial charge < -0.3 is 15.0 Å². The van der Waals surface area contributed by atoms with Crippen molar-refractivity contribution in [1.82, 2.24) is 5.16 Å². The van der Waals surface area contributed by atoms with Crippen LogP contribution < -0.4 is 10.5 Å². The van der Waals surface area contributed by atoms with E-state index in [4.69, 9.17) is 15.0 Å². The highest BCUT2D eigenvalue weighted by molar-refractivity contribution is 5.31. The number of nitrogens with zero attached hydrogens (tertiary/aromatic N) is 1. The molecule has 1 aromatic heterocycles. The van der Waals surface area contributed by atoms with Crippen LogP contribution in [0, 0.1) is 19.7 Å². The predicted octanol–water partition coefficient (Wildman–Crippen LogP) is 3.03. The van der Waals surface area contributed by atoms with E-state index in [9.17, 15) is 4.39 Å². The summed E-state index contributed by atoms with van der Waals surface area (Å²) in [5.41, 5.74) is 8.03. The summed E-state index contributed by atoms with van der Waals surface area (Å²) in [6.45, 7) is 5.66. The first-order valence-corrected chi connectivity index (χ1v) is 6.08. The number of benzene rings is 1. The second kappa shape index (κ2) is 5.40. The number of ether oxygens (including phenoxy) is 1. The van der Waals surface area contributed by atoms with Crippen LogP contribution in [0.5, 0.6) is 5.75 Å². The molecule has 0 saturated heterocycles. The number of nitrogens with two attached hydrogens (primary N) is 1. The number of aromatic nitrogens is 1. The van der Waals surface area contributed by atoms with Gasteiger partial charge in [0.1, 0.15) is 12.4 Å². The van der Waals surface area contributed by atoms with Crippen LogP contribution in [0.3, 0.4) is 0 Å². The maximum absolute atomic E-state index is 13.8. The van der Waals surface area contributed by atoms with Gasteiger partial charge in [-0.1, -0.05) is 11.2 Å². The van der Waals surface area contributed by atoms with Crippen molar-refractivity contribution in [3.8, 4) is 5.75 Å². The summed E-state index contributed by atoms with van der Waals surface area (Å²) in [5, 5.41) is 3.82. The predicted molar refractivity (Wildman–Crippen MR) is 69.3 cm³/mol. The van der Waals surface area contributed by atoms with E-state index in [1.165, 1.54) is 6.07 Å². The van der Waals surface area contributed by atoms with Gasteiger partial charge in [0.25, 0.3) is 0 Å². The molecule has 19 heavy (non-hydrogen) atoms. The zero-order chi connectivity index (χ0) is 14.0. The smallest absolute Gasteiger partial charge is 0.165 e. The van der Waals surface area contributed by atoms with E-state index >= 15 is 0 Å². The van der Waals surface area contributed by atoms with Gasteiger partial charge in [0.15, 0.2) is 11.6 Å². The molecular weight excluding hydrogens is 247 g/mol. The lowest BCUT2D eigenvalue weighted by molar-refractivity contribution is 0.286.